The molecule has 0 aromatic heterocycles. The predicted octanol–water partition coefficient (Wildman–Crippen LogP) is 3.50. The van der Waals surface area contributed by atoms with Crippen LogP contribution in [0, 0.1) is 5.92 Å². The summed E-state index contributed by atoms with van der Waals surface area (Å²) in [6, 6.07) is 10.2. The van der Waals surface area contributed by atoms with Gasteiger partial charge in [0.15, 0.2) is 0 Å². The summed E-state index contributed by atoms with van der Waals surface area (Å²) >= 11 is 0. The van der Waals surface area contributed by atoms with E-state index in [2.05, 4.69) is 6.92 Å². The second-order valence-corrected chi connectivity index (χ2v) is 6.40. The van der Waals surface area contributed by atoms with Crippen LogP contribution >= 0.6 is 0 Å². The molecule has 0 bridgehead atoms. The summed E-state index contributed by atoms with van der Waals surface area (Å²) in [5.74, 6) is 0.0287. The molecule has 21 heavy (non-hydrogen) atoms. The third-order valence-electron chi connectivity index (χ3n) is 5.09. The Bertz CT molecular complexity index is 519. The van der Waals surface area contributed by atoms with Crippen LogP contribution in [0.2, 0.25) is 0 Å². The van der Waals surface area contributed by atoms with E-state index in [-0.39, 0.29) is 29.7 Å². The first-order valence-corrected chi connectivity index (χ1v) is 8.09. The summed E-state index contributed by atoms with van der Waals surface area (Å²) in [5.41, 5.74) is 1.15. The van der Waals surface area contributed by atoms with Gasteiger partial charge in [0.25, 0.3) is 0 Å². The molecule has 1 aromatic carbocycles. The second kappa shape index (κ2) is 6.00. The van der Waals surface area contributed by atoms with Crippen LogP contribution in [0.25, 0.3) is 0 Å². The molecule has 3 nitrogen and oxygen atoms in total. The summed E-state index contributed by atoms with van der Waals surface area (Å²) < 4.78 is 0. The SMILES string of the molecule is C[C@H](c1ccccc1)[C@@H]1CC(=O)N(C2CCCCC2)C1=O. The molecule has 1 saturated heterocycles. The zero-order chi connectivity index (χ0) is 14.8. The number of hydrogen-bond acceptors (Lipinski definition) is 2. The van der Waals surface area contributed by atoms with Crippen molar-refractivity contribution in [1.29, 1.82) is 0 Å². The Morgan fingerprint density at radius 1 is 1.05 bits per heavy atom. The first-order valence-electron chi connectivity index (χ1n) is 8.09. The van der Waals surface area contributed by atoms with Gasteiger partial charge in [0.05, 0.1) is 5.92 Å². The maximum absolute atomic E-state index is 12.7. The number of imide groups is 1. The lowest BCUT2D eigenvalue weighted by molar-refractivity contribution is -0.143. The van der Waals surface area contributed by atoms with Gasteiger partial charge in [0, 0.05) is 12.5 Å². The molecular formula is C18H23NO2. The minimum absolute atomic E-state index is 0.0414. The molecule has 1 heterocycles. The number of carbonyl (C=O) groups excluding carboxylic acids is 2. The fraction of sp³-hybridized carbons (Fsp3) is 0.556. The molecule has 1 aliphatic carbocycles. The molecule has 2 fully saturated rings. The van der Waals surface area contributed by atoms with E-state index >= 15 is 0 Å². The Labute approximate surface area is 126 Å². The lowest BCUT2D eigenvalue weighted by Gasteiger charge is -2.30. The van der Waals surface area contributed by atoms with Gasteiger partial charge in [0.2, 0.25) is 11.8 Å². The van der Waals surface area contributed by atoms with Gasteiger partial charge in [-0.3, -0.25) is 14.5 Å². The Kier molecular flexibility index (Phi) is 4.09. The molecule has 3 rings (SSSR count). The number of carbonyl (C=O) groups is 2. The highest BCUT2D eigenvalue weighted by atomic mass is 16.2. The van der Waals surface area contributed by atoms with E-state index < -0.39 is 0 Å². The molecule has 3 heteroatoms. The van der Waals surface area contributed by atoms with Crippen molar-refractivity contribution in [2.75, 3.05) is 0 Å². The fourth-order valence-corrected chi connectivity index (χ4v) is 3.78. The molecule has 112 valence electrons. The second-order valence-electron chi connectivity index (χ2n) is 6.40. The van der Waals surface area contributed by atoms with Crippen molar-refractivity contribution in [1.82, 2.24) is 4.90 Å². The number of hydrogen-bond donors (Lipinski definition) is 0. The maximum Gasteiger partial charge on any atom is 0.233 e. The van der Waals surface area contributed by atoms with E-state index in [1.165, 1.54) is 6.42 Å². The highest BCUT2D eigenvalue weighted by molar-refractivity contribution is 6.04. The van der Waals surface area contributed by atoms with E-state index in [0.717, 1.165) is 31.2 Å². The van der Waals surface area contributed by atoms with Crippen molar-refractivity contribution in [2.45, 2.75) is 57.4 Å². The van der Waals surface area contributed by atoms with Crippen molar-refractivity contribution in [3.63, 3.8) is 0 Å². The zero-order valence-electron chi connectivity index (χ0n) is 12.6. The summed E-state index contributed by atoms with van der Waals surface area (Å²) in [7, 11) is 0. The largest absolute Gasteiger partial charge is 0.279 e. The van der Waals surface area contributed by atoms with Crippen molar-refractivity contribution >= 4 is 11.8 Å². The first kappa shape index (κ1) is 14.3. The Hall–Kier alpha value is -1.64. The van der Waals surface area contributed by atoms with E-state index in [1.807, 2.05) is 30.3 Å². The van der Waals surface area contributed by atoms with Crippen LogP contribution in [-0.2, 0) is 9.59 Å². The summed E-state index contributed by atoms with van der Waals surface area (Å²) in [4.78, 5) is 26.7. The molecule has 2 aliphatic rings. The van der Waals surface area contributed by atoms with Gasteiger partial charge in [-0.2, -0.15) is 0 Å². The van der Waals surface area contributed by atoms with Crippen LogP contribution in [-0.4, -0.2) is 22.8 Å². The molecule has 1 saturated carbocycles. The molecule has 0 radical (unpaired) electrons. The maximum atomic E-state index is 12.7. The normalized spacial score (nSPS) is 25.4. The smallest absolute Gasteiger partial charge is 0.233 e. The number of nitrogens with zero attached hydrogens (tertiary/aromatic N) is 1. The third kappa shape index (κ3) is 2.74. The zero-order valence-corrected chi connectivity index (χ0v) is 12.6. The van der Waals surface area contributed by atoms with Gasteiger partial charge >= 0.3 is 0 Å². The molecule has 0 unspecified atom stereocenters. The van der Waals surface area contributed by atoms with Crippen LogP contribution in [0.4, 0.5) is 0 Å². The molecule has 2 atom stereocenters. The molecule has 2 amide bonds. The minimum Gasteiger partial charge on any atom is -0.279 e. The van der Waals surface area contributed by atoms with E-state index in [1.54, 1.807) is 4.90 Å². The van der Waals surface area contributed by atoms with Gasteiger partial charge in [-0.05, 0) is 24.3 Å². The van der Waals surface area contributed by atoms with Gasteiger partial charge < -0.3 is 0 Å². The molecule has 0 N–H and O–H groups in total. The van der Waals surface area contributed by atoms with Gasteiger partial charge in [-0.1, -0.05) is 56.5 Å². The quantitative estimate of drug-likeness (QED) is 0.797. The molecule has 1 aromatic rings. The number of benzene rings is 1. The van der Waals surface area contributed by atoms with Gasteiger partial charge in [-0.25, -0.2) is 0 Å². The third-order valence-corrected chi connectivity index (χ3v) is 5.09. The van der Waals surface area contributed by atoms with Crippen molar-refractivity contribution in [3.05, 3.63) is 35.9 Å². The van der Waals surface area contributed by atoms with Crippen LogP contribution in [0.15, 0.2) is 30.3 Å². The summed E-state index contributed by atoms with van der Waals surface area (Å²) in [5, 5.41) is 0. The van der Waals surface area contributed by atoms with Crippen LogP contribution in [0.5, 0.6) is 0 Å². The molecular weight excluding hydrogens is 262 g/mol. The fourth-order valence-electron chi connectivity index (χ4n) is 3.78. The highest BCUT2D eigenvalue weighted by Gasteiger charge is 2.44. The van der Waals surface area contributed by atoms with Crippen molar-refractivity contribution in [2.24, 2.45) is 5.92 Å². The minimum atomic E-state index is -0.179. The number of rotatable bonds is 3. The van der Waals surface area contributed by atoms with Gasteiger partial charge in [-0.15, -0.1) is 0 Å². The highest BCUT2D eigenvalue weighted by Crippen LogP contribution is 2.36. The predicted molar refractivity (Wildman–Crippen MR) is 81.7 cm³/mol. The summed E-state index contributed by atoms with van der Waals surface area (Å²) in [6.07, 6.45) is 5.87. The van der Waals surface area contributed by atoms with Crippen molar-refractivity contribution in [3.8, 4) is 0 Å². The molecule has 1 aliphatic heterocycles. The van der Waals surface area contributed by atoms with Crippen molar-refractivity contribution < 1.29 is 9.59 Å². The summed E-state index contributed by atoms with van der Waals surface area (Å²) in [6.45, 7) is 2.07. The van der Waals surface area contributed by atoms with Crippen LogP contribution < -0.4 is 0 Å². The average molecular weight is 285 g/mol. The number of likely N-dealkylation sites (tertiary alicyclic amines) is 1. The number of amides is 2. The Morgan fingerprint density at radius 3 is 2.38 bits per heavy atom. The Balaban J connectivity index is 1.76. The Morgan fingerprint density at radius 2 is 1.71 bits per heavy atom. The van der Waals surface area contributed by atoms with Gasteiger partial charge in [0.1, 0.15) is 0 Å². The van der Waals surface area contributed by atoms with Crippen LogP contribution in [0.3, 0.4) is 0 Å². The van der Waals surface area contributed by atoms with E-state index in [4.69, 9.17) is 0 Å². The monoisotopic (exact) mass is 285 g/mol. The standard InChI is InChI=1S/C18H23NO2/c1-13(14-8-4-2-5-9-14)16-12-17(20)19(18(16)21)15-10-6-3-7-11-15/h2,4-5,8-9,13,15-16H,3,6-7,10-12H2,1H3/t13-,16+/m1/s1. The van der Waals surface area contributed by atoms with E-state index in [0.29, 0.717) is 6.42 Å². The molecule has 0 spiro atoms. The average Bonchev–Trinajstić information content (AvgIpc) is 2.83. The van der Waals surface area contributed by atoms with Crippen LogP contribution in [0.1, 0.15) is 56.9 Å². The lowest BCUT2D eigenvalue weighted by Crippen LogP contribution is -2.41. The first-order chi connectivity index (χ1) is 10.2. The lowest BCUT2D eigenvalue weighted by atomic mass is 9.86. The van der Waals surface area contributed by atoms with E-state index in [9.17, 15) is 9.59 Å². The topological polar surface area (TPSA) is 37.4 Å².